The zero-order chi connectivity index (χ0) is 17.2. The number of nitrogens with one attached hydrogen (secondary N) is 1. The number of likely N-dealkylation sites (tertiary alicyclic amines) is 1. The van der Waals surface area contributed by atoms with Crippen LogP contribution in [0.3, 0.4) is 0 Å². The fraction of sp³-hybridized carbons (Fsp3) is 0.579. The van der Waals surface area contributed by atoms with Crippen LogP contribution in [0.4, 0.5) is 5.82 Å². The lowest BCUT2D eigenvalue weighted by Gasteiger charge is -2.38. The number of amides is 1. The average molecular weight is 342 g/mol. The molecule has 1 N–H and O–H groups in total. The molecule has 0 radical (unpaired) electrons. The van der Waals surface area contributed by atoms with Gasteiger partial charge in [0.05, 0.1) is 17.3 Å². The molecule has 0 saturated carbocycles. The van der Waals surface area contributed by atoms with Gasteiger partial charge in [-0.05, 0) is 44.2 Å². The Hall–Kier alpha value is -2.08. The second kappa shape index (κ2) is 7.04. The van der Waals surface area contributed by atoms with E-state index >= 15 is 0 Å². The first kappa shape index (κ1) is 16.4. The summed E-state index contributed by atoms with van der Waals surface area (Å²) in [5, 5.41) is 3.19. The highest BCUT2D eigenvalue weighted by atomic mass is 16.5. The van der Waals surface area contributed by atoms with Crippen LogP contribution < -0.4 is 5.32 Å². The number of carbonyl (C=O) groups is 1. The van der Waals surface area contributed by atoms with E-state index in [1.807, 2.05) is 19.3 Å². The number of hydrogen-bond acceptors (Lipinski definition) is 4. The van der Waals surface area contributed by atoms with Gasteiger partial charge in [-0.3, -0.25) is 4.79 Å². The van der Waals surface area contributed by atoms with Crippen molar-refractivity contribution >= 4 is 17.2 Å². The molecule has 6 nitrogen and oxygen atoms in total. The molecule has 1 unspecified atom stereocenters. The molecule has 4 heterocycles. The van der Waals surface area contributed by atoms with Crippen LogP contribution in [0.2, 0.25) is 0 Å². The Morgan fingerprint density at radius 2 is 2.12 bits per heavy atom. The largest absolute Gasteiger partial charge is 0.381 e. The molecule has 0 spiro atoms. The lowest BCUT2D eigenvalue weighted by atomic mass is 9.93. The molecular weight excluding hydrogens is 316 g/mol. The number of fused-ring (bicyclic) bond motifs is 1. The van der Waals surface area contributed by atoms with E-state index in [-0.39, 0.29) is 17.9 Å². The van der Waals surface area contributed by atoms with Gasteiger partial charge >= 0.3 is 0 Å². The predicted molar refractivity (Wildman–Crippen MR) is 96.6 cm³/mol. The molecule has 134 valence electrons. The van der Waals surface area contributed by atoms with Crippen LogP contribution >= 0.6 is 0 Å². The minimum atomic E-state index is 0.0722. The maximum absolute atomic E-state index is 13.1. The number of hydrogen-bond donors (Lipinski definition) is 1. The third kappa shape index (κ3) is 3.11. The summed E-state index contributed by atoms with van der Waals surface area (Å²) in [5.74, 6) is 1.26. The molecule has 2 aliphatic heterocycles. The summed E-state index contributed by atoms with van der Waals surface area (Å²) in [5.41, 5.74) is 2.04. The fourth-order valence-corrected chi connectivity index (χ4v) is 4.09. The Labute approximate surface area is 148 Å². The third-order valence-electron chi connectivity index (χ3n) is 5.47. The van der Waals surface area contributed by atoms with Crippen molar-refractivity contribution in [2.45, 2.75) is 38.1 Å². The molecular formula is C19H26N4O2. The van der Waals surface area contributed by atoms with Gasteiger partial charge in [-0.15, -0.1) is 0 Å². The van der Waals surface area contributed by atoms with E-state index in [0.717, 1.165) is 55.7 Å². The van der Waals surface area contributed by atoms with E-state index in [4.69, 9.17) is 9.72 Å². The van der Waals surface area contributed by atoms with E-state index in [1.165, 1.54) is 0 Å². The van der Waals surface area contributed by atoms with E-state index in [1.54, 1.807) is 0 Å². The number of anilines is 1. The summed E-state index contributed by atoms with van der Waals surface area (Å²) in [6.07, 6.45) is 9.00. The Bertz CT molecular complexity index is 751. The van der Waals surface area contributed by atoms with Gasteiger partial charge in [-0.1, -0.05) is 0 Å². The topological polar surface area (TPSA) is 58.9 Å². The highest BCUT2D eigenvalue weighted by molar-refractivity contribution is 5.79. The first-order valence-corrected chi connectivity index (χ1v) is 9.31. The Morgan fingerprint density at radius 1 is 1.28 bits per heavy atom. The summed E-state index contributed by atoms with van der Waals surface area (Å²) >= 11 is 0. The monoisotopic (exact) mass is 342 g/mol. The zero-order valence-electron chi connectivity index (χ0n) is 14.8. The van der Waals surface area contributed by atoms with Crippen molar-refractivity contribution < 1.29 is 9.53 Å². The number of piperidine rings is 1. The van der Waals surface area contributed by atoms with Crippen molar-refractivity contribution in [3.05, 3.63) is 30.2 Å². The number of carbonyl (C=O) groups excluding carboxylic acids is 1. The van der Waals surface area contributed by atoms with Crippen LogP contribution in [0.5, 0.6) is 0 Å². The van der Waals surface area contributed by atoms with Gasteiger partial charge in [-0.2, -0.15) is 0 Å². The molecule has 0 aliphatic carbocycles. The molecule has 2 fully saturated rings. The van der Waals surface area contributed by atoms with Crippen molar-refractivity contribution in [2.75, 3.05) is 32.1 Å². The molecule has 1 atom stereocenters. The highest BCUT2D eigenvalue weighted by Crippen LogP contribution is 2.33. The maximum atomic E-state index is 13.1. The third-order valence-corrected chi connectivity index (χ3v) is 5.47. The van der Waals surface area contributed by atoms with Gasteiger partial charge < -0.3 is 19.4 Å². The highest BCUT2D eigenvalue weighted by Gasteiger charge is 2.34. The average Bonchev–Trinajstić information content (AvgIpc) is 3.16. The molecule has 2 aromatic rings. The van der Waals surface area contributed by atoms with E-state index in [0.29, 0.717) is 13.2 Å². The van der Waals surface area contributed by atoms with Crippen LogP contribution in [-0.2, 0) is 9.53 Å². The molecule has 0 aromatic carbocycles. The van der Waals surface area contributed by atoms with Crippen LogP contribution in [0.25, 0.3) is 5.52 Å². The number of aromatic nitrogens is 2. The second-order valence-electron chi connectivity index (χ2n) is 6.99. The smallest absolute Gasteiger partial charge is 0.226 e. The lowest BCUT2D eigenvalue weighted by molar-refractivity contribution is -0.142. The van der Waals surface area contributed by atoms with E-state index < -0.39 is 0 Å². The Kier molecular flexibility index (Phi) is 4.61. The Balaban J connectivity index is 1.65. The standard InChI is InChI=1S/C19H26N4O2/c1-20-18-17-6-4-9-22(17)13-15(21-18)16-5-2-3-10-23(16)19(24)14-7-11-25-12-8-14/h4,6,9,13-14,16H,2-3,5,7-8,10-12H2,1H3,(H,20,21). The first-order chi connectivity index (χ1) is 12.3. The van der Waals surface area contributed by atoms with Crippen molar-refractivity contribution in [1.82, 2.24) is 14.3 Å². The van der Waals surface area contributed by atoms with Crippen molar-refractivity contribution in [1.29, 1.82) is 0 Å². The van der Waals surface area contributed by atoms with Gasteiger partial charge in [0.2, 0.25) is 5.91 Å². The van der Waals surface area contributed by atoms with Crippen LogP contribution in [0.1, 0.15) is 43.8 Å². The van der Waals surface area contributed by atoms with Crippen molar-refractivity contribution in [3.8, 4) is 0 Å². The summed E-state index contributed by atoms with van der Waals surface area (Å²) in [4.78, 5) is 20.0. The number of ether oxygens (including phenoxy) is 1. The number of nitrogens with zero attached hydrogens (tertiary/aromatic N) is 3. The zero-order valence-corrected chi connectivity index (χ0v) is 14.8. The first-order valence-electron chi connectivity index (χ1n) is 9.31. The normalized spacial score (nSPS) is 22.3. The molecule has 2 aromatic heterocycles. The summed E-state index contributed by atoms with van der Waals surface area (Å²) in [6, 6.07) is 4.14. The van der Waals surface area contributed by atoms with Gasteiger partial charge in [0.25, 0.3) is 0 Å². The molecule has 6 heteroatoms. The summed E-state index contributed by atoms with van der Waals surface area (Å²) in [6.45, 7) is 2.24. The van der Waals surface area contributed by atoms with Gasteiger partial charge in [0, 0.05) is 45.1 Å². The van der Waals surface area contributed by atoms with Gasteiger partial charge in [-0.25, -0.2) is 4.98 Å². The van der Waals surface area contributed by atoms with Gasteiger partial charge in [0.1, 0.15) is 5.82 Å². The molecule has 1 amide bonds. The maximum Gasteiger partial charge on any atom is 0.226 e. The summed E-state index contributed by atoms with van der Waals surface area (Å²) < 4.78 is 7.52. The predicted octanol–water partition coefficient (Wildman–Crippen LogP) is 2.86. The molecule has 4 rings (SSSR count). The van der Waals surface area contributed by atoms with Crippen LogP contribution in [-0.4, -0.2) is 47.0 Å². The minimum absolute atomic E-state index is 0.0722. The summed E-state index contributed by atoms with van der Waals surface area (Å²) in [7, 11) is 1.89. The minimum Gasteiger partial charge on any atom is -0.381 e. The van der Waals surface area contributed by atoms with Crippen molar-refractivity contribution in [3.63, 3.8) is 0 Å². The van der Waals surface area contributed by atoms with Gasteiger partial charge in [0.15, 0.2) is 0 Å². The van der Waals surface area contributed by atoms with E-state index in [2.05, 4.69) is 26.9 Å². The van der Waals surface area contributed by atoms with Crippen LogP contribution in [0, 0.1) is 5.92 Å². The lowest BCUT2D eigenvalue weighted by Crippen LogP contribution is -2.43. The van der Waals surface area contributed by atoms with Crippen LogP contribution in [0.15, 0.2) is 24.5 Å². The number of rotatable bonds is 3. The molecule has 2 aliphatic rings. The second-order valence-corrected chi connectivity index (χ2v) is 6.99. The SMILES string of the molecule is CNc1nc(C2CCCCN2C(=O)C2CCOCC2)cn2cccc12. The quantitative estimate of drug-likeness (QED) is 0.932. The molecule has 0 bridgehead atoms. The van der Waals surface area contributed by atoms with E-state index in [9.17, 15) is 4.79 Å². The Morgan fingerprint density at radius 3 is 2.92 bits per heavy atom. The fourth-order valence-electron chi connectivity index (χ4n) is 4.09. The van der Waals surface area contributed by atoms with Crippen molar-refractivity contribution in [2.24, 2.45) is 5.92 Å². The molecule has 2 saturated heterocycles. The molecule has 25 heavy (non-hydrogen) atoms.